The van der Waals surface area contributed by atoms with E-state index in [1.54, 1.807) is 24.3 Å². The Kier molecular flexibility index (Phi) is 6.04. The standard InChI is InChI=1S/C20H24N2O3/c23-20(24)18-7-4-8-19(15-18)25-14-13-21-9-11-22(12-10-21)16-17-5-2-1-3-6-17/h1-8,15H,9-14,16H2,(H,23,24). The predicted octanol–water partition coefficient (Wildman–Crippen LogP) is 2.58. The highest BCUT2D eigenvalue weighted by molar-refractivity contribution is 5.87. The Hall–Kier alpha value is -2.37. The Balaban J connectivity index is 1.38. The number of nitrogens with zero attached hydrogens (tertiary/aromatic N) is 2. The Morgan fingerprint density at radius 3 is 2.40 bits per heavy atom. The first kappa shape index (κ1) is 17.5. The van der Waals surface area contributed by atoms with Gasteiger partial charge in [-0.05, 0) is 23.8 Å². The van der Waals surface area contributed by atoms with Gasteiger partial charge in [0, 0.05) is 39.3 Å². The second-order valence-corrected chi connectivity index (χ2v) is 6.28. The normalized spacial score (nSPS) is 15.8. The highest BCUT2D eigenvalue weighted by Gasteiger charge is 2.16. The van der Waals surface area contributed by atoms with Crippen molar-refractivity contribution in [3.8, 4) is 5.75 Å². The van der Waals surface area contributed by atoms with Gasteiger partial charge in [0.1, 0.15) is 12.4 Å². The summed E-state index contributed by atoms with van der Waals surface area (Å²) in [6, 6.07) is 17.2. The van der Waals surface area contributed by atoms with Crippen LogP contribution in [-0.2, 0) is 6.54 Å². The molecule has 0 saturated carbocycles. The van der Waals surface area contributed by atoms with Crippen molar-refractivity contribution in [1.82, 2.24) is 9.80 Å². The first-order valence-electron chi connectivity index (χ1n) is 8.65. The van der Waals surface area contributed by atoms with Crippen molar-refractivity contribution in [1.29, 1.82) is 0 Å². The van der Waals surface area contributed by atoms with Crippen LogP contribution in [0.25, 0.3) is 0 Å². The van der Waals surface area contributed by atoms with Crippen LogP contribution in [0, 0.1) is 0 Å². The molecule has 1 heterocycles. The monoisotopic (exact) mass is 340 g/mol. The summed E-state index contributed by atoms with van der Waals surface area (Å²) < 4.78 is 5.70. The van der Waals surface area contributed by atoms with Gasteiger partial charge >= 0.3 is 5.97 Å². The number of carboxylic acids is 1. The summed E-state index contributed by atoms with van der Waals surface area (Å²) in [5.41, 5.74) is 1.62. The van der Waals surface area contributed by atoms with Crippen molar-refractivity contribution in [3.63, 3.8) is 0 Å². The molecule has 3 rings (SSSR count). The number of carboxylic acid groups (broad SMARTS) is 1. The SMILES string of the molecule is O=C(O)c1cccc(OCCN2CCN(Cc3ccccc3)CC2)c1. The van der Waals surface area contributed by atoms with E-state index >= 15 is 0 Å². The topological polar surface area (TPSA) is 53.0 Å². The number of hydrogen-bond donors (Lipinski definition) is 1. The minimum Gasteiger partial charge on any atom is -0.492 e. The lowest BCUT2D eigenvalue weighted by molar-refractivity contribution is 0.0696. The molecule has 1 N–H and O–H groups in total. The number of hydrogen-bond acceptors (Lipinski definition) is 4. The third-order valence-electron chi connectivity index (χ3n) is 4.47. The van der Waals surface area contributed by atoms with E-state index < -0.39 is 5.97 Å². The highest BCUT2D eigenvalue weighted by Crippen LogP contribution is 2.14. The van der Waals surface area contributed by atoms with Crippen LogP contribution in [0.3, 0.4) is 0 Å². The quantitative estimate of drug-likeness (QED) is 0.840. The fourth-order valence-electron chi connectivity index (χ4n) is 3.02. The van der Waals surface area contributed by atoms with Crippen molar-refractivity contribution in [3.05, 3.63) is 65.7 Å². The summed E-state index contributed by atoms with van der Waals surface area (Å²) in [5, 5.41) is 9.00. The van der Waals surface area contributed by atoms with Crippen LogP contribution in [0.1, 0.15) is 15.9 Å². The first-order chi connectivity index (χ1) is 12.2. The smallest absolute Gasteiger partial charge is 0.335 e. The third-order valence-corrected chi connectivity index (χ3v) is 4.47. The van der Waals surface area contributed by atoms with E-state index in [0.717, 1.165) is 39.3 Å². The van der Waals surface area contributed by atoms with E-state index in [1.807, 2.05) is 6.07 Å². The summed E-state index contributed by atoms with van der Waals surface area (Å²) in [7, 11) is 0. The minimum absolute atomic E-state index is 0.257. The Labute approximate surface area is 148 Å². The maximum atomic E-state index is 11.0. The van der Waals surface area contributed by atoms with Crippen molar-refractivity contribution in [2.75, 3.05) is 39.3 Å². The Morgan fingerprint density at radius 1 is 0.960 bits per heavy atom. The van der Waals surface area contributed by atoms with Crippen LogP contribution < -0.4 is 4.74 Å². The molecule has 5 nitrogen and oxygen atoms in total. The number of rotatable bonds is 7. The third kappa shape index (κ3) is 5.31. The second kappa shape index (κ2) is 8.65. The molecule has 0 amide bonds. The van der Waals surface area contributed by atoms with Gasteiger partial charge in [-0.15, -0.1) is 0 Å². The van der Waals surface area contributed by atoms with Gasteiger partial charge in [0.15, 0.2) is 0 Å². The number of ether oxygens (including phenoxy) is 1. The average Bonchev–Trinajstić information content (AvgIpc) is 2.64. The van der Waals surface area contributed by atoms with Gasteiger partial charge < -0.3 is 9.84 Å². The van der Waals surface area contributed by atoms with Crippen molar-refractivity contribution >= 4 is 5.97 Å². The summed E-state index contributed by atoms with van der Waals surface area (Å²) in [6.07, 6.45) is 0. The van der Waals surface area contributed by atoms with E-state index in [0.29, 0.717) is 12.4 Å². The molecule has 1 fully saturated rings. The van der Waals surface area contributed by atoms with Gasteiger partial charge in [-0.2, -0.15) is 0 Å². The number of piperazine rings is 1. The summed E-state index contributed by atoms with van der Waals surface area (Å²) in [4.78, 5) is 15.8. The fraction of sp³-hybridized carbons (Fsp3) is 0.350. The van der Waals surface area contributed by atoms with E-state index in [1.165, 1.54) is 5.56 Å². The van der Waals surface area contributed by atoms with Crippen LogP contribution in [-0.4, -0.2) is 60.2 Å². The number of aromatic carboxylic acids is 1. The van der Waals surface area contributed by atoms with Crippen LogP contribution >= 0.6 is 0 Å². The van der Waals surface area contributed by atoms with Crippen molar-refractivity contribution in [2.24, 2.45) is 0 Å². The van der Waals surface area contributed by atoms with Crippen LogP contribution in [0.15, 0.2) is 54.6 Å². The molecule has 0 spiro atoms. The predicted molar refractivity (Wildman–Crippen MR) is 97.1 cm³/mol. The first-order valence-corrected chi connectivity index (χ1v) is 8.65. The molecule has 2 aromatic carbocycles. The molecule has 132 valence electrons. The van der Waals surface area contributed by atoms with Gasteiger partial charge in [0.05, 0.1) is 5.56 Å². The Bertz CT molecular complexity index is 682. The zero-order valence-corrected chi connectivity index (χ0v) is 14.3. The lowest BCUT2D eigenvalue weighted by atomic mass is 10.2. The summed E-state index contributed by atoms with van der Waals surface area (Å²) >= 11 is 0. The maximum Gasteiger partial charge on any atom is 0.335 e. The second-order valence-electron chi connectivity index (χ2n) is 6.28. The molecular formula is C20H24N2O3. The molecule has 0 unspecified atom stereocenters. The molecule has 0 aliphatic carbocycles. The lowest BCUT2D eigenvalue weighted by Crippen LogP contribution is -2.47. The van der Waals surface area contributed by atoms with Crippen molar-refractivity contribution < 1.29 is 14.6 Å². The highest BCUT2D eigenvalue weighted by atomic mass is 16.5. The fourth-order valence-corrected chi connectivity index (χ4v) is 3.02. The number of carbonyl (C=O) groups is 1. The van der Waals surface area contributed by atoms with Crippen LogP contribution in [0.2, 0.25) is 0 Å². The van der Waals surface area contributed by atoms with E-state index in [-0.39, 0.29) is 5.56 Å². The lowest BCUT2D eigenvalue weighted by Gasteiger charge is -2.34. The maximum absolute atomic E-state index is 11.0. The van der Waals surface area contributed by atoms with Gasteiger partial charge in [0.25, 0.3) is 0 Å². The Morgan fingerprint density at radius 2 is 1.68 bits per heavy atom. The molecule has 1 aliphatic heterocycles. The molecule has 0 bridgehead atoms. The molecule has 1 aliphatic rings. The van der Waals surface area contributed by atoms with Crippen LogP contribution in [0.4, 0.5) is 0 Å². The summed E-state index contributed by atoms with van der Waals surface area (Å²) in [6.45, 7) is 6.62. The average molecular weight is 340 g/mol. The molecule has 2 aromatic rings. The van der Waals surface area contributed by atoms with Gasteiger partial charge in [-0.3, -0.25) is 9.80 Å². The largest absolute Gasteiger partial charge is 0.492 e. The van der Waals surface area contributed by atoms with E-state index in [4.69, 9.17) is 9.84 Å². The van der Waals surface area contributed by atoms with Gasteiger partial charge in [0.2, 0.25) is 0 Å². The molecule has 5 heteroatoms. The molecule has 0 atom stereocenters. The van der Waals surface area contributed by atoms with Gasteiger partial charge in [-0.1, -0.05) is 36.4 Å². The van der Waals surface area contributed by atoms with Gasteiger partial charge in [-0.25, -0.2) is 4.79 Å². The minimum atomic E-state index is -0.931. The van der Waals surface area contributed by atoms with Crippen LogP contribution in [0.5, 0.6) is 5.75 Å². The number of benzene rings is 2. The molecule has 0 radical (unpaired) electrons. The van der Waals surface area contributed by atoms with E-state index in [9.17, 15) is 4.79 Å². The van der Waals surface area contributed by atoms with E-state index in [2.05, 4.69) is 34.1 Å². The summed E-state index contributed by atoms with van der Waals surface area (Å²) in [5.74, 6) is -0.317. The molecule has 0 aromatic heterocycles. The van der Waals surface area contributed by atoms with Crippen molar-refractivity contribution in [2.45, 2.75) is 6.54 Å². The molecular weight excluding hydrogens is 316 g/mol. The zero-order chi connectivity index (χ0) is 17.5. The molecule has 25 heavy (non-hydrogen) atoms. The molecule has 1 saturated heterocycles. The zero-order valence-electron chi connectivity index (χ0n) is 14.3.